The summed E-state index contributed by atoms with van der Waals surface area (Å²) < 4.78 is 8.46. The molecule has 5 heteroatoms. The van der Waals surface area contributed by atoms with Crippen LogP contribution in [0, 0.1) is 4.64 Å². The predicted molar refractivity (Wildman–Crippen MR) is 112 cm³/mol. The minimum Gasteiger partial charge on any atom is -0.497 e. The van der Waals surface area contributed by atoms with Gasteiger partial charge >= 0.3 is 0 Å². The fraction of sp³-hybridized carbons (Fsp3) is 0.286. The zero-order valence-electron chi connectivity index (χ0n) is 15.4. The van der Waals surface area contributed by atoms with Gasteiger partial charge in [0.05, 0.1) is 23.2 Å². The lowest BCUT2D eigenvalue weighted by Gasteiger charge is -2.33. The zero-order valence-corrected chi connectivity index (χ0v) is 17.1. The van der Waals surface area contributed by atoms with E-state index in [-0.39, 0.29) is 5.54 Å². The molecule has 2 heterocycles. The molecule has 0 bridgehead atoms. The van der Waals surface area contributed by atoms with Crippen LogP contribution in [0.15, 0.2) is 42.5 Å². The topological polar surface area (TPSA) is 26.2 Å². The fourth-order valence-electron chi connectivity index (χ4n) is 3.44. The van der Waals surface area contributed by atoms with Crippen molar-refractivity contribution in [2.24, 2.45) is 0 Å². The van der Waals surface area contributed by atoms with Gasteiger partial charge in [-0.05, 0) is 56.2 Å². The average Bonchev–Trinajstić information content (AvgIpc) is 3.00. The van der Waals surface area contributed by atoms with E-state index in [0.29, 0.717) is 0 Å². The molecule has 0 saturated carbocycles. The molecular weight excluding hydrogens is 360 g/mol. The smallest absolute Gasteiger partial charge is 0.129 e. The van der Waals surface area contributed by atoms with Gasteiger partial charge in [0.2, 0.25) is 0 Å². The second kappa shape index (κ2) is 6.25. The second-order valence-corrected chi connectivity index (χ2v) is 8.42. The van der Waals surface area contributed by atoms with Crippen LogP contribution in [-0.2, 0) is 12.0 Å². The summed E-state index contributed by atoms with van der Waals surface area (Å²) in [7, 11) is 1.69. The Morgan fingerprint density at radius 3 is 2.54 bits per heavy atom. The first-order valence-corrected chi connectivity index (χ1v) is 9.95. The number of nitrogens with one attached hydrogen (secondary N) is 1. The highest BCUT2D eigenvalue weighted by atomic mass is 32.1. The largest absolute Gasteiger partial charge is 0.497 e. The van der Waals surface area contributed by atoms with Gasteiger partial charge in [-0.1, -0.05) is 42.8 Å². The lowest BCUT2D eigenvalue weighted by atomic mass is 9.90. The number of anilines is 1. The van der Waals surface area contributed by atoms with Crippen molar-refractivity contribution in [1.29, 1.82) is 0 Å². The van der Waals surface area contributed by atoms with Gasteiger partial charge in [-0.25, -0.2) is 0 Å². The summed E-state index contributed by atoms with van der Waals surface area (Å²) in [5.41, 5.74) is 5.63. The van der Waals surface area contributed by atoms with E-state index in [1.165, 1.54) is 10.4 Å². The zero-order chi connectivity index (χ0) is 18.5. The highest BCUT2D eigenvalue weighted by Gasteiger charge is 2.34. The lowest BCUT2D eigenvalue weighted by molar-refractivity contribution is 0.415. The number of hydrogen-bond acceptors (Lipinski definition) is 4. The van der Waals surface area contributed by atoms with Crippen molar-refractivity contribution in [1.82, 2.24) is 3.96 Å². The van der Waals surface area contributed by atoms with E-state index < -0.39 is 0 Å². The van der Waals surface area contributed by atoms with Crippen molar-refractivity contribution in [2.75, 3.05) is 12.4 Å². The van der Waals surface area contributed by atoms with Gasteiger partial charge in [0, 0.05) is 16.8 Å². The van der Waals surface area contributed by atoms with Gasteiger partial charge in [0.1, 0.15) is 10.4 Å². The molecule has 3 aromatic rings. The quantitative estimate of drug-likeness (QED) is 0.549. The van der Waals surface area contributed by atoms with Gasteiger partial charge in [0.25, 0.3) is 0 Å². The minimum absolute atomic E-state index is 0.177. The molecule has 4 rings (SSSR count). The van der Waals surface area contributed by atoms with Crippen molar-refractivity contribution in [3.8, 4) is 22.6 Å². The molecule has 1 aliphatic rings. The normalized spacial score (nSPS) is 14.3. The molecule has 134 valence electrons. The van der Waals surface area contributed by atoms with Gasteiger partial charge < -0.3 is 10.1 Å². The van der Waals surface area contributed by atoms with Crippen LogP contribution in [0.1, 0.15) is 31.2 Å². The maximum absolute atomic E-state index is 5.92. The summed E-state index contributed by atoms with van der Waals surface area (Å²) in [6.07, 6.45) is 1.04. The Balaban J connectivity index is 1.95. The standard InChI is InChI=1S/C21H22N2OS2/c1-5-13-6-8-14(9-7-13)23-20(25)18-16-12-15(24-4)10-11-17(16)22-21(2,3)19(18)26-23/h6-12,22H,5H2,1-4H3. The third-order valence-electron chi connectivity index (χ3n) is 4.90. The maximum atomic E-state index is 5.92. The van der Waals surface area contributed by atoms with Crippen LogP contribution in [0.4, 0.5) is 5.69 Å². The first-order valence-electron chi connectivity index (χ1n) is 8.77. The summed E-state index contributed by atoms with van der Waals surface area (Å²) >= 11 is 7.64. The van der Waals surface area contributed by atoms with Crippen molar-refractivity contribution in [2.45, 2.75) is 32.7 Å². The number of ether oxygens (including phenoxy) is 1. The van der Waals surface area contributed by atoms with E-state index in [0.717, 1.165) is 39.3 Å². The number of nitrogens with zero attached hydrogens (tertiary/aromatic N) is 1. The number of aromatic nitrogens is 1. The molecule has 3 nitrogen and oxygen atoms in total. The minimum atomic E-state index is -0.177. The maximum Gasteiger partial charge on any atom is 0.129 e. The second-order valence-electron chi connectivity index (χ2n) is 7.08. The van der Waals surface area contributed by atoms with Crippen LogP contribution in [-0.4, -0.2) is 11.1 Å². The molecule has 1 aromatic heterocycles. The number of methoxy groups -OCH3 is 1. The summed E-state index contributed by atoms with van der Waals surface area (Å²) in [6, 6.07) is 14.8. The Hall–Kier alpha value is -2.11. The Kier molecular flexibility index (Phi) is 4.16. The number of aryl methyl sites for hydroxylation is 1. The average molecular weight is 383 g/mol. The number of rotatable bonds is 3. The SMILES string of the molecule is CCc1ccc(-n2sc3c(c2=S)-c2cc(OC)ccc2NC3(C)C)cc1. The monoisotopic (exact) mass is 382 g/mol. The summed E-state index contributed by atoms with van der Waals surface area (Å²) in [5, 5.41) is 3.65. The molecule has 0 unspecified atom stereocenters. The van der Waals surface area contributed by atoms with E-state index in [2.05, 4.69) is 66.4 Å². The Morgan fingerprint density at radius 1 is 1.15 bits per heavy atom. The van der Waals surface area contributed by atoms with Crippen molar-refractivity contribution in [3.05, 3.63) is 57.5 Å². The lowest BCUT2D eigenvalue weighted by Crippen LogP contribution is -2.30. The summed E-state index contributed by atoms with van der Waals surface area (Å²) in [6.45, 7) is 6.58. The number of hydrogen-bond donors (Lipinski definition) is 1. The van der Waals surface area contributed by atoms with Gasteiger partial charge in [0.15, 0.2) is 0 Å². The van der Waals surface area contributed by atoms with Crippen LogP contribution in [0.5, 0.6) is 5.75 Å². The van der Waals surface area contributed by atoms with Crippen LogP contribution >= 0.6 is 23.8 Å². The van der Waals surface area contributed by atoms with Crippen molar-refractivity contribution < 1.29 is 4.74 Å². The molecule has 0 saturated heterocycles. The van der Waals surface area contributed by atoms with Crippen LogP contribution < -0.4 is 10.1 Å². The fourth-order valence-corrected chi connectivity index (χ4v) is 5.09. The van der Waals surface area contributed by atoms with E-state index in [1.54, 1.807) is 18.6 Å². The van der Waals surface area contributed by atoms with E-state index in [9.17, 15) is 0 Å². The van der Waals surface area contributed by atoms with Gasteiger partial charge in [-0.15, -0.1) is 0 Å². The van der Waals surface area contributed by atoms with Crippen LogP contribution in [0.25, 0.3) is 16.8 Å². The molecule has 0 aliphatic carbocycles. The molecule has 0 atom stereocenters. The Labute approximate surface area is 163 Å². The Morgan fingerprint density at radius 2 is 1.88 bits per heavy atom. The van der Waals surface area contributed by atoms with E-state index in [4.69, 9.17) is 17.0 Å². The molecule has 0 radical (unpaired) electrons. The Bertz CT molecular complexity index is 1030. The molecule has 1 aliphatic heterocycles. The van der Waals surface area contributed by atoms with Gasteiger partial charge in [-0.3, -0.25) is 3.96 Å². The van der Waals surface area contributed by atoms with E-state index >= 15 is 0 Å². The molecule has 1 N–H and O–H groups in total. The molecular formula is C21H22N2OS2. The predicted octanol–water partition coefficient (Wildman–Crippen LogP) is 6.17. The van der Waals surface area contributed by atoms with Gasteiger partial charge in [-0.2, -0.15) is 0 Å². The first kappa shape index (κ1) is 17.3. The van der Waals surface area contributed by atoms with Crippen LogP contribution in [0.2, 0.25) is 0 Å². The van der Waals surface area contributed by atoms with Crippen LogP contribution in [0.3, 0.4) is 0 Å². The van der Waals surface area contributed by atoms with E-state index in [1.807, 2.05) is 6.07 Å². The molecule has 26 heavy (non-hydrogen) atoms. The third-order valence-corrected chi connectivity index (χ3v) is 6.87. The highest BCUT2D eigenvalue weighted by Crippen LogP contribution is 2.48. The first-order chi connectivity index (χ1) is 12.4. The van der Waals surface area contributed by atoms with Crippen molar-refractivity contribution >= 4 is 29.4 Å². The third kappa shape index (κ3) is 2.66. The molecule has 0 amide bonds. The summed E-state index contributed by atoms with van der Waals surface area (Å²) in [5.74, 6) is 0.843. The highest BCUT2D eigenvalue weighted by molar-refractivity contribution is 7.71. The molecule has 2 aromatic carbocycles. The molecule has 0 fully saturated rings. The van der Waals surface area contributed by atoms with Crippen molar-refractivity contribution in [3.63, 3.8) is 0 Å². The number of fused-ring (bicyclic) bond motifs is 3. The number of benzene rings is 2. The summed E-state index contributed by atoms with van der Waals surface area (Å²) in [4.78, 5) is 1.25. The molecule has 0 spiro atoms.